The number of amides is 1. The van der Waals surface area contributed by atoms with Crippen LogP contribution in [-0.2, 0) is 14.6 Å². The SMILES string of the molecule is CCC(=O)N(CC(=O)c1ccc(C)c(C)c1)C1CCS(=O)(=O)C1. The number of hydrogen-bond acceptors (Lipinski definition) is 4. The Labute approximate surface area is 137 Å². The molecule has 0 aromatic heterocycles. The monoisotopic (exact) mass is 337 g/mol. The Morgan fingerprint density at radius 2 is 1.91 bits per heavy atom. The largest absolute Gasteiger partial charge is 0.331 e. The fourth-order valence-electron chi connectivity index (χ4n) is 2.81. The molecule has 6 heteroatoms. The summed E-state index contributed by atoms with van der Waals surface area (Å²) in [5, 5.41) is 0. The van der Waals surface area contributed by atoms with Crippen LogP contribution in [0.1, 0.15) is 41.3 Å². The molecule has 5 nitrogen and oxygen atoms in total. The van der Waals surface area contributed by atoms with Crippen LogP contribution >= 0.6 is 0 Å². The van der Waals surface area contributed by atoms with Gasteiger partial charge < -0.3 is 4.90 Å². The Balaban J connectivity index is 2.19. The second-order valence-electron chi connectivity index (χ2n) is 6.15. The van der Waals surface area contributed by atoms with E-state index >= 15 is 0 Å². The summed E-state index contributed by atoms with van der Waals surface area (Å²) >= 11 is 0. The Morgan fingerprint density at radius 3 is 2.43 bits per heavy atom. The predicted octanol–water partition coefficient (Wildman–Crippen LogP) is 1.91. The second-order valence-corrected chi connectivity index (χ2v) is 8.38. The molecule has 1 aromatic rings. The molecule has 1 aliphatic heterocycles. The van der Waals surface area contributed by atoms with Gasteiger partial charge in [0.1, 0.15) is 0 Å². The predicted molar refractivity (Wildman–Crippen MR) is 89.3 cm³/mol. The maximum absolute atomic E-state index is 12.5. The zero-order chi connectivity index (χ0) is 17.2. The summed E-state index contributed by atoms with van der Waals surface area (Å²) in [5.74, 6) is -0.287. The third-order valence-corrected chi connectivity index (χ3v) is 6.17. The van der Waals surface area contributed by atoms with Crippen LogP contribution in [0.15, 0.2) is 18.2 Å². The third-order valence-electron chi connectivity index (χ3n) is 4.41. The molecule has 0 N–H and O–H groups in total. The van der Waals surface area contributed by atoms with Crippen molar-refractivity contribution in [2.45, 2.75) is 39.7 Å². The van der Waals surface area contributed by atoms with Gasteiger partial charge in [-0.15, -0.1) is 0 Å². The molecule has 1 heterocycles. The van der Waals surface area contributed by atoms with Crippen molar-refractivity contribution < 1.29 is 18.0 Å². The molecule has 2 rings (SSSR count). The van der Waals surface area contributed by atoms with Crippen LogP contribution in [0.4, 0.5) is 0 Å². The van der Waals surface area contributed by atoms with Gasteiger partial charge in [0.25, 0.3) is 0 Å². The van der Waals surface area contributed by atoms with Crippen LogP contribution in [0.2, 0.25) is 0 Å². The Bertz CT molecular complexity index is 724. The van der Waals surface area contributed by atoms with E-state index in [1.165, 1.54) is 4.90 Å². The smallest absolute Gasteiger partial charge is 0.222 e. The van der Waals surface area contributed by atoms with Crippen molar-refractivity contribution in [3.63, 3.8) is 0 Å². The van der Waals surface area contributed by atoms with Crippen molar-refractivity contribution in [3.8, 4) is 0 Å². The highest BCUT2D eigenvalue weighted by Crippen LogP contribution is 2.20. The van der Waals surface area contributed by atoms with Gasteiger partial charge in [-0.1, -0.05) is 19.1 Å². The van der Waals surface area contributed by atoms with Gasteiger partial charge in [0.2, 0.25) is 5.91 Å². The number of carbonyl (C=O) groups excluding carboxylic acids is 2. The van der Waals surface area contributed by atoms with Gasteiger partial charge in [0.05, 0.1) is 18.1 Å². The molecule has 1 amide bonds. The standard InChI is InChI=1S/C17H23NO4S/c1-4-17(20)18(15-7-8-23(21,22)11-15)10-16(19)14-6-5-12(2)13(3)9-14/h5-6,9,15H,4,7-8,10-11H2,1-3H3. The number of sulfone groups is 1. The summed E-state index contributed by atoms with van der Waals surface area (Å²) in [6, 6.07) is 5.07. The summed E-state index contributed by atoms with van der Waals surface area (Å²) in [7, 11) is -3.10. The number of hydrogen-bond donors (Lipinski definition) is 0. The number of aryl methyl sites for hydroxylation is 2. The molecule has 1 aliphatic rings. The molecule has 1 aromatic carbocycles. The maximum Gasteiger partial charge on any atom is 0.222 e. The van der Waals surface area contributed by atoms with E-state index in [0.29, 0.717) is 12.0 Å². The van der Waals surface area contributed by atoms with E-state index in [4.69, 9.17) is 0 Å². The lowest BCUT2D eigenvalue weighted by molar-refractivity contribution is -0.132. The molecule has 1 unspecified atom stereocenters. The van der Waals surface area contributed by atoms with Crippen LogP contribution in [0.25, 0.3) is 0 Å². The summed E-state index contributed by atoms with van der Waals surface area (Å²) in [5.41, 5.74) is 2.68. The van der Waals surface area contributed by atoms with Gasteiger partial charge in [0.15, 0.2) is 15.6 Å². The lowest BCUT2D eigenvalue weighted by Gasteiger charge is -2.27. The zero-order valence-electron chi connectivity index (χ0n) is 13.8. The highest BCUT2D eigenvalue weighted by Gasteiger charge is 2.35. The van der Waals surface area contributed by atoms with Gasteiger partial charge in [-0.2, -0.15) is 0 Å². The van der Waals surface area contributed by atoms with Crippen molar-refractivity contribution in [3.05, 3.63) is 34.9 Å². The van der Waals surface area contributed by atoms with Crippen molar-refractivity contribution >= 4 is 21.5 Å². The lowest BCUT2D eigenvalue weighted by atomic mass is 10.0. The molecule has 0 saturated carbocycles. The first-order chi connectivity index (χ1) is 10.7. The van der Waals surface area contributed by atoms with Crippen molar-refractivity contribution in [2.75, 3.05) is 18.1 Å². The molecule has 0 radical (unpaired) electrons. The number of rotatable bonds is 5. The second kappa shape index (κ2) is 6.83. The highest BCUT2D eigenvalue weighted by molar-refractivity contribution is 7.91. The van der Waals surface area contributed by atoms with Gasteiger partial charge >= 0.3 is 0 Å². The topological polar surface area (TPSA) is 71.5 Å². The Morgan fingerprint density at radius 1 is 1.22 bits per heavy atom. The molecule has 126 valence electrons. The molecule has 0 bridgehead atoms. The fourth-order valence-corrected chi connectivity index (χ4v) is 4.54. The van der Waals surface area contributed by atoms with Gasteiger partial charge in [0, 0.05) is 18.0 Å². The number of Topliss-reactive ketones (excluding diaryl/α,β-unsaturated/α-hetero) is 1. The molecular formula is C17H23NO4S. The Hall–Kier alpha value is -1.69. The van der Waals surface area contributed by atoms with Gasteiger partial charge in [-0.05, 0) is 37.5 Å². The molecule has 0 aliphatic carbocycles. The van der Waals surface area contributed by atoms with Gasteiger partial charge in [-0.3, -0.25) is 9.59 Å². The van der Waals surface area contributed by atoms with Crippen molar-refractivity contribution in [1.29, 1.82) is 0 Å². The number of ketones is 1. The zero-order valence-corrected chi connectivity index (χ0v) is 14.6. The first-order valence-electron chi connectivity index (χ1n) is 7.84. The minimum absolute atomic E-state index is 0.0427. The average Bonchev–Trinajstić information content (AvgIpc) is 2.86. The molecule has 1 fully saturated rings. The number of benzene rings is 1. The van der Waals surface area contributed by atoms with E-state index in [1.54, 1.807) is 13.0 Å². The highest BCUT2D eigenvalue weighted by atomic mass is 32.2. The molecule has 23 heavy (non-hydrogen) atoms. The Kier molecular flexibility index (Phi) is 5.24. The van der Waals surface area contributed by atoms with E-state index in [2.05, 4.69) is 0 Å². The molecule has 1 saturated heterocycles. The minimum atomic E-state index is -3.10. The fraction of sp³-hybridized carbons (Fsp3) is 0.529. The van der Waals surface area contributed by atoms with Crippen LogP contribution < -0.4 is 0 Å². The summed E-state index contributed by atoms with van der Waals surface area (Å²) in [6.07, 6.45) is 0.672. The quantitative estimate of drug-likeness (QED) is 0.770. The average molecular weight is 337 g/mol. The van der Waals surface area contributed by atoms with E-state index in [-0.39, 0.29) is 42.2 Å². The van der Waals surface area contributed by atoms with E-state index in [1.807, 2.05) is 26.0 Å². The molecular weight excluding hydrogens is 314 g/mol. The minimum Gasteiger partial charge on any atom is -0.331 e. The summed E-state index contributed by atoms with van der Waals surface area (Å²) < 4.78 is 23.3. The van der Waals surface area contributed by atoms with Crippen molar-refractivity contribution in [2.24, 2.45) is 0 Å². The third kappa shape index (κ3) is 4.19. The van der Waals surface area contributed by atoms with Crippen LogP contribution in [0.3, 0.4) is 0 Å². The summed E-state index contributed by atoms with van der Waals surface area (Å²) in [6.45, 7) is 5.57. The van der Waals surface area contributed by atoms with E-state index < -0.39 is 9.84 Å². The number of nitrogens with zero attached hydrogens (tertiary/aromatic N) is 1. The number of carbonyl (C=O) groups is 2. The van der Waals surface area contributed by atoms with E-state index in [0.717, 1.165) is 11.1 Å². The summed E-state index contributed by atoms with van der Waals surface area (Å²) in [4.78, 5) is 26.1. The van der Waals surface area contributed by atoms with E-state index in [9.17, 15) is 18.0 Å². The van der Waals surface area contributed by atoms with Crippen molar-refractivity contribution in [1.82, 2.24) is 4.90 Å². The lowest BCUT2D eigenvalue weighted by Crippen LogP contribution is -2.44. The molecule has 1 atom stereocenters. The van der Waals surface area contributed by atoms with Crippen LogP contribution in [-0.4, -0.2) is 49.1 Å². The normalized spacial score (nSPS) is 19.5. The van der Waals surface area contributed by atoms with Crippen LogP contribution in [0, 0.1) is 13.8 Å². The molecule has 0 spiro atoms. The van der Waals surface area contributed by atoms with Crippen LogP contribution in [0.5, 0.6) is 0 Å². The maximum atomic E-state index is 12.5. The first-order valence-corrected chi connectivity index (χ1v) is 9.66. The first kappa shape index (κ1) is 17.7. The van der Waals surface area contributed by atoms with Gasteiger partial charge in [-0.25, -0.2) is 8.42 Å².